The van der Waals surface area contributed by atoms with Gasteiger partial charge in [-0.3, -0.25) is 4.68 Å². The monoisotopic (exact) mass is 261 g/mol. The second-order valence-corrected chi connectivity index (χ2v) is 4.55. The maximum absolute atomic E-state index is 9.87. The third kappa shape index (κ3) is 4.08. The van der Waals surface area contributed by atoms with E-state index in [4.69, 9.17) is 10.5 Å². The average Bonchev–Trinajstić information content (AvgIpc) is 2.82. The highest BCUT2D eigenvalue weighted by Crippen LogP contribution is 2.12. The summed E-state index contributed by atoms with van der Waals surface area (Å²) in [4.78, 5) is 0. The number of aryl methyl sites for hydroxylation is 1. The number of nitrogens with two attached hydrogens (primary N) is 1. The molecule has 0 radical (unpaired) electrons. The molecule has 2 rings (SSSR count). The molecule has 1 aromatic heterocycles. The van der Waals surface area contributed by atoms with Gasteiger partial charge in [0, 0.05) is 12.7 Å². The standard InChI is InChI=1S/C14H19N3O2/c1-11-7-16-17(8-11)9-13(18)10-19-14-4-2-12(6-15)3-5-14/h2-5,7-8,13,18H,6,9-10,15H2,1H3. The Labute approximate surface area is 112 Å². The molecule has 19 heavy (non-hydrogen) atoms. The van der Waals surface area contributed by atoms with Crippen LogP contribution in [0.4, 0.5) is 0 Å². The van der Waals surface area contributed by atoms with Crippen LogP contribution in [0.1, 0.15) is 11.1 Å². The van der Waals surface area contributed by atoms with Crippen molar-refractivity contribution in [2.24, 2.45) is 5.73 Å². The molecule has 0 amide bonds. The summed E-state index contributed by atoms with van der Waals surface area (Å²) in [7, 11) is 0. The van der Waals surface area contributed by atoms with Crippen molar-refractivity contribution in [2.75, 3.05) is 6.61 Å². The molecular weight excluding hydrogens is 242 g/mol. The summed E-state index contributed by atoms with van der Waals surface area (Å²) in [5.41, 5.74) is 7.65. The van der Waals surface area contributed by atoms with Gasteiger partial charge in [0.2, 0.25) is 0 Å². The van der Waals surface area contributed by atoms with Gasteiger partial charge in [-0.15, -0.1) is 0 Å². The van der Waals surface area contributed by atoms with Gasteiger partial charge < -0.3 is 15.6 Å². The van der Waals surface area contributed by atoms with E-state index in [1.54, 1.807) is 10.9 Å². The highest BCUT2D eigenvalue weighted by molar-refractivity contribution is 5.27. The first-order valence-corrected chi connectivity index (χ1v) is 6.26. The molecule has 5 heteroatoms. The summed E-state index contributed by atoms with van der Waals surface area (Å²) >= 11 is 0. The van der Waals surface area contributed by atoms with E-state index in [9.17, 15) is 5.11 Å². The van der Waals surface area contributed by atoms with Crippen molar-refractivity contribution in [3.8, 4) is 5.75 Å². The van der Waals surface area contributed by atoms with E-state index in [1.165, 1.54) is 0 Å². The minimum absolute atomic E-state index is 0.237. The van der Waals surface area contributed by atoms with Gasteiger partial charge in [-0.2, -0.15) is 5.10 Å². The van der Waals surface area contributed by atoms with Crippen LogP contribution >= 0.6 is 0 Å². The van der Waals surface area contributed by atoms with Crippen LogP contribution < -0.4 is 10.5 Å². The maximum Gasteiger partial charge on any atom is 0.119 e. The van der Waals surface area contributed by atoms with E-state index in [0.717, 1.165) is 16.9 Å². The molecule has 2 aromatic rings. The summed E-state index contributed by atoms with van der Waals surface area (Å²) in [5, 5.41) is 14.0. The van der Waals surface area contributed by atoms with Gasteiger partial charge in [0.25, 0.3) is 0 Å². The summed E-state index contributed by atoms with van der Waals surface area (Å²) in [6.45, 7) is 3.14. The molecule has 0 saturated heterocycles. The largest absolute Gasteiger partial charge is 0.491 e. The van der Waals surface area contributed by atoms with E-state index in [1.807, 2.05) is 37.4 Å². The van der Waals surface area contributed by atoms with Gasteiger partial charge >= 0.3 is 0 Å². The normalized spacial score (nSPS) is 12.4. The highest BCUT2D eigenvalue weighted by Gasteiger charge is 2.07. The van der Waals surface area contributed by atoms with Gasteiger partial charge in [0.05, 0.1) is 12.7 Å². The Morgan fingerprint density at radius 2 is 2.11 bits per heavy atom. The SMILES string of the molecule is Cc1cnn(CC(O)COc2ccc(CN)cc2)c1. The quantitative estimate of drug-likeness (QED) is 0.816. The molecule has 0 aliphatic heterocycles. The molecular formula is C14H19N3O2. The molecule has 5 nitrogen and oxygen atoms in total. The van der Waals surface area contributed by atoms with Crippen molar-refractivity contribution in [3.05, 3.63) is 47.8 Å². The van der Waals surface area contributed by atoms with Crippen LogP contribution in [-0.2, 0) is 13.1 Å². The highest BCUT2D eigenvalue weighted by atomic mass is 16.5. The van der Waals surface area contributed by atoms with Gasteiger partial charge in [-0.1, -0.05) is 12.1 Å². The topological polar surface area (TPSA) is 73.3 Å². The molecule has 1 atom stereocenters. The van der Waals surface area contributed by atoms with E-state index >= 15 is 0 Å². The van der Waals surface area contributed by atoms with Crippen molar-refractivity contribution in [1.82, 2.24) is 9.78 Å². The molecule has 1 unspecified atom stereocenters. The molecule has 1 aromatic carbocycles. The number of aromatic nitrogens is 2. The van der Waals surface area contributed by atoms with Crippen LogP contribution in [-0.4, -0.2) is 27.6 Å². The molecule has 0 aliphatic rings. The summed E-state index contributed by atoms with van der Waals surface area (Å²) < 4.78 is 7.22. The second kappa shape index (κ2) is 6.36. The smallest absolute Gasteiger partial charge is 0.119 e. The molecule has 0 aliphatic carbocycles. The van der Waals surface area contributed by atoms with Crippen LogP contribution in [0.3, 0.4) is 0 Å². The number of nitrogens with zero attached hydrogens (tertiary/aromatic N) is 2. The van der Waals surface area contributed by atoms with Crippen molar-refractivity contribution in [1.29, 1.82) is 0 Å². The Kier molecular flexibility index (Phi) is 4.54. The Hall–Kier alpha value is -1.85. The first kappa shape index (κ1) is 13.6. The minimum Gasteiger partial charge on any atom is -0.491 e. The zero-order valence-electron chi connectivity index (χ0n) is 11.0. The molecule has 102 valence electrons. The molecule has 0 fully saturated rings. The van der Waals surface area contributed by atoms with Crippen LogP contribution in [0.2, 0.25) is 0 Å². The predicted molar refractivity (Wildman–Crippen MR) is 72.8 cm³/mol. The fraction of sp³-hybridized carbons (Fsp3) is 0.357. The molecule has 0 saturated carbocycles. The van der Waals surface area contributed by atoms with Crippen LogP contribution in [0, 0.1) is 6.92 Å². The zero-order chi connectivity index (χ0) is 13.7. The fourth-order valence-electron chi connectivity index (χ4n) is 1.75. The van der Waals surface area contributed by atoms with E-state index in [2.05, 4.69) is 5.10 Å². The number of rotatable bonds is 6. The Morgan fingerprint density at radius 1 is 1.37 bits per heavy atom. The van der Waals surface area contributed by atoms with E-state index < -0.39 is 6.10 Å². The molecule has 1 heterocycles. The van der Waals surface area contributed by atoms with Crippen LogP contribution in [0.25, 0.3) is 0 Å². The third-order valence-corrected chi connectivity index (χ3v) is 2.76. The number of hydrogen-bond donors (Lipinski definition) is 2. The Morgan fingerprint density at radius 3 is 2.68 bits per heavy atom. The number of benzene rings is 1. The first-order chi connectivity index (χ1) is 9.17. The third-order valence-electron chi connectivity index (χ3n) is 2.76. The second-order valence-electron chi connectivity index (χ2n) is 4.55. The van der Waals surface area contributed by atoms with Crippen molar-refractivity contribution < 1.29 is 9.84 Å². The minimum atomic E-state index is -0.589. The lowest BCUT2D eigenvalue weighted by Gasteiger charge is -2.12. The van der Waals surface area contributed by atoms with Crippen LogP contribution in [0.15, 0.2) is 36.7 Å². The maximum atomic E-state index is 9.87. The lowest BCUT2D eigenvalue weighted by atomic mass is 10.2. The van der Waals surface area contributed by atoms with E-state index in [0.29, 0.717) is 13.1 Å². The predicted octanol–water partition coefficient (Wildman–Crippen LogP) is 1.09. The lowest BCUT2D eigenvalue weighted by Crippen LogP contribution is -2.23. The van der Waals surface area contributed by atoms with E-state index in [-0.39, 0.29) is 6.61 Å². The summed E-state index contributed by atoms with van der Waals surface area (Å²) in [6, 6.07) is 7.54. The number of aliphatic hydroxyl groups excluding tert-OH is 1. The number of aliphatic hydroxyl groups is 1. The van der Waals surface area contributed by atoms with Gasteiger partial charge in [-0.05, 0) is 30.2 Å². The summed E-state index contributed by atoms with van der Waals surface area (Å²) in [5.74, 6) is 0.730. The van der Waals surface area contributed by atoms with Gasteiger partial charge in [0.15, 0.2) is 0 Å². The number of hydrogen-bond acceptors (Lipinski definition) is 4. The van der Waals surface area contributed by atoms with Crippen molar-refractivity contribution >= 4 is 0 Å². The van der Waals surface area contributed by atoms with Gasteiger partial charge in [-0.25, -0.2) is 0 Å². The summed E-state index contributed by atoms with van der Waals surface area (Å²) in [6.07, 6.45) is 3.06. The first-order valence-electron chi connectivity index (χ1n) is 6.26. The molecule has 0 bridgehead atoms. The Balaban J connectivity index is 1.80. The van der Waals surface area contributed by atoms with Gasteiger partial charge in [0.1, 0.15) is 18.5 Å². The Bertz CT molecular complexity index is 508. The van der Waals surface area contributed by atoms with Crippen molar-refractivity contribution in [2.45, 2.75) is 26.1 Å². The zero-order valence-corrected chi connectivity index (χ0v) is 11.0. The number of ether oxygens (including phenoxy) is 1. The lowest BCUT2D eigenvalue weighted by molar-refractivity contribution is 0.0893. The molecule has 0 spiro atoms. The molecule has 3 N–H and O–H groups in total. The van der Waals surface area contributed by atoms with Crippen molar-refractivity contribution in [3.63, 3.8) is 0 Å². The van der Waals surface area contributed by atoms with Crippen LogP contribution in [0.5, 0.6) is 5.75 Å². The fourth-order valence-corrected chi connectivity index (χ4v) is 1.75. The average molecular weight is 261 g/mol.